The lowest BCUT2D eigenvalue weighted by Gasteiger charge is -2.40. The summed E-state index contributed by atoms with van der Waals surface area (Å²) in [7, 11) is 0. The van der Waals surface area contributed by atoms with Crippen LogP contribution in [0.1, 0.15) is 40.0 Å². The first-order valence-corrected chi connectivity index (χ1v) is 8.67. The van der Waals surface area contributed by atoms with E-state index < -0.39 is 0 Å². The van der Waals surface area contributed by atoms with Gasteiger partial charge in [0.2, 0.25) is 5.91 Å². The first kappa shape index (κ1) is 17.7. The van der Waals surface area contributed by atoms with Crippen molar-refractivity contribution in [2.24, 2.45) is 5.92 Å². The number of carbonyl (C=O) groups is 1. The number of rotatable bonds is 7. The van der Waals surface area contributed by atoms with E-state index in [1.54, 1.807) is 12.4 Å². The summed E-state index contributed by atoms with van der Waals surface area (Å²) in [4.78, 5) is 18.6. The third-order valence-electron chi connectivity index (χ3n) is 4.27. The van der Waals surface area contributed by atoms with E-state index in [-0.39, 0.29) is 18.1 Å². The minimum absolute atomic E-state index is 0.129. The van der Waals surface area contributed by atoms with Crippen molar-refractivity contribution in [2.45, 2.75) is 52.2 Å². The average molecular weight is 319 g/mol. The molecule has 0 saturated carbocycles. The Morgan fingerprint density at radius 3 is 2.96 bits per heavy atom. The molecule has 5 heteroatoms. The van der Waals surface area contributed by atoms with Gasteiger partial charge in [-0.2, -0.15) is 0 Å². The number of pyridine rings is 1. The van der Waals surface area contributed by atoms with Crippen molar-refractivity contribution >= 4 is 11.6 Å². The molecular formula is C18H29N3O2. The number of hydrogen-bond acceptors (Lipinski definition) is 4. The number of aromatic nitrogens is 1. The lowest BCUT2D eigenvalue weighted by Crippen LogP contribution is -2.52. The minimum Gasteiger partial charge on any atom is -0.375 e. The zero-order valence-corrected chi connectivity index (χ0v) is 14.5. The van der Waals surface area contributed by atoms with E-state index in [9.17, 15) is 4.79 Å². The lowest BCUT2D eigenvalue weighted by molar-refractivity contribution is -0.148. The summed E-state index contributed by atoms with van der Waals surface area (Å²) in [6.45, 7) is 8.19. The number of amides is 1. The molecule has 0 aliphatic carbocycles. The Labute approximate surface area is 139 Å². The molecule has 23 heavy (non-hydrogen) atoms. The van der Waals surface area contributed by atoms with Crippen LogP contribution >= 0.6 is 0 Å². The van der Waals surface area contributed by atoms with Gasteiger partial charge in [-0.05, 0) is 24.5 Å². The van der Waals surface area contributed by atoms with Crippen LogP contribution in [-0.4, -0.2) is 47.6 Å². The van der Waals surface area contributed by atoms with E-state index in [1.807, 2.05) is 17.0 Å². The van der Waals surface area contributed by atoms with Gasteiger partial charge >= 0.3 is 0 Å². The van der Waals surface area contributed by atoms with Crippen LogP contribution in [0.2, 0.25) is 0 Å². The van der Waals surface area contributed by atoms with E-state index in [4.69, 9.17) is 4.74 Å². The number of carbonyl (C=O) groups excluding carboxylic acids is 1. The van der Waals surface area contributed by atoms with E-state index in [0.717, 1.165) is 24.9 Å². The van der Waals surface area contributed by atoms with Crippen LogP contribution in [0.3, 0.4) is 0 Å². The molecular weight excluding hydrogens is 290 g/mol. The van der Waals surface area contributed by atoms with Crippen molar-refractivity contribution in [2.75, 3.05) is 25.0 Å². The van der Waals surface area contributed by atoms with Gasteiger partial charge in [0.1, 0.15) is 0 Å². The summed E-state index contributed by atoms with van der Waals surface area (Å²) in [5.41, 5.74) is 0.872. The van der Waals surface area contributed by atoms with E-state index in [0.29, 0.717) is 25.6 Å². The summed E-state index contributed by atoms with van der Waals surface area (Å²) in [6.07, 6.45) is 7.08. The normalized spacial score (nSPS) is 21.5. The summed E-state index contributed by atoms with van der Waals surface area (Å²) < 4.78 is 6.17. The Morgan fingerprint density at radius 2 is 2.30 bits per heavy atom. The van der Waals surface area contributed by atoms with Crippen molar-refractivity contribution in [1.82, 2.24) is 9.88 Å². The van der Waals surface area contributed by atoms with Crippen LogP contribution in [0, 0.1) is 5.92 Å². The van der Waals surface area contributed by atoms with Gasteiger partial charge in [0.05, 0.1) is 24.4 Å². The number of hydrogen-bond donors (Lipinski definition) is 1. The topological polar surface area (TPSA) is 54.5 Å². The molecule has 0 aromatic carbocycles. The van der Waals surface area contributed by atoms with Crippen molar-refractivity contribution in [3.63, 3.8) is 0 Å². The molecule has 0 radical (unpaired) electrons. The SMILES string of the molecule is CCCC[C@@H]1CN(C(=O)CNc2cccnc2)C[C@H](C(C)C)O1. The Bertz CT molecular complexity index is 478. The van der Waals surface area contributed by atoms with E-state index in [1.165, 1.54) is 0 Å². The van der Waals surface area contributed by atoms with Crippen molar-refractivity contribution in [3.8, 4) is 0 Å². The second kappa shape index (κ2) is 8.87. The summed E-state index contributed by atoms with van der Waals surface area (Å²) in [5, 5.41) is 3.15. The van der Waals surface area contributed by atoms with Gasteiger partial charge in [-0.3, -0.25) is 9.78 Å². The average Bonchev–Trinajstić information content (AvgIpc) is 2.58. The Balaban J connectivity index is 1.91. The standard InChI is InChI=1S/C18H29N3O2/c1-4-5-8-16-12-21(13-17(23-16)14(2)3)18(22)11-20-15-7-6-9-19-10-15/h6-7,9-10,14,16-17,20H,4-5,8,11-13H2,1-3H3/t16-,17-/m1/s1. The maximum atomic E-state index is 12.5. The number of nitrogens with one attached hydrogen (secondary N) is 1. The molecule has 2 atom stereocenters. The molecule has 0 bridgehead atoms. The molecule has 1 aliphatic rings. The maximum Gasteiger partial charge on any atom is 0.242 e. The fraction of sp³-hybridized carbons (Fsp3) is 0.667. The third-order valence-corrected chi connectivity index (χ3v) is 4.27. The van der Waals surface area contributed by atoms with E-state index >= 15 is 0 Å². The van der Waals surface area contributed by atoms with Gasteiger partial charge in [-0.1, -0.05) is 33.6 Å². The Kier molecular flexibility index (Phi) is 6.84. The highest BCUT2D eigenvalue weighted by atomic mass is 16.5. The second-order valence-electron chi connectivity index (χ2n) is 6.58. The fourth-order valence-electron chi connectivity index (χ4n) is 2.79. The van der Waals surface area contributed by atoms with Gasteiger partial charge in [-0.25, -0.2) is 0 Å². The zero-order chi connectivity index (χ0) is 16.7. The number of unbranched alkanes of at least 4 members (excludes halogenated alkanes) is 1. The molecule has 1 saturated heterocycles. The van der Waals surface area contributed by atoms with Gasteiger partial charge < -0.3 is 15.0 Å². The lowest BCUT2D eigenvalue weighted by atomic mass is 10.0. The molecule has 128 valence electrons. The first-order valence-electron chi connectivity index (χ1n) is 8.67. The Hall–Kier alpha value is -1.62. The molecule has 5 nitrogen and oxygen atoms in total. The zero-order valence-electron chi connectivity index (χ0n) is 14.5. The molecule has 1 fully saturated rings. The number of ether oxygens (including phenoxy) is 1. The van der Waals surface area contributed by atoms with Crippen molar-refractivity contribution in [1.29, 1.82) is 0 Å². The minimum atomic E-state index is 0.129. The third kappa shape index (κ3) is 5.50. The quantitative estimate of drug-likeness (QED) is 0.839. The second-order valence-corrected chi connectivity index (χ2v) is 6.58. The molecule has 1 amide bonds. The highest BCUT2D eigenvalue weighted by molar-refractivity contribution is 5.81. The predicted molar refractivity (Wildman–Crippen MR) is 92.3 cm³/mol. The maximum absolute atomic E-state index is 12.5. The van der Waals surface area contributed by atoms with Gasteiger partial charge in [0.15, 0.2) is 0 Å². The Morgan fingerprint density at radius 1 is 1.48 bits per heavy atom. The highest BCUT2D eigenvalue weighted by Crippen LogP contribution is 2.21. The molecule has 1 aromatic rings. The fourth-order valence-corrected chi connectivity index (χ4v) is 2.79. The van der Waals surface area contributed by atoms with Crippen LogP contribution in [0.15, 0.2) is 24.5 Å². The molecule has 0 unspecified atom stereocenters. The summed E-state index contributed by atoms with van der Waals surface area (Å²) in [6, 6.07) is 3.78. The molecule has 0 spiro atoms. The monoisotopic (exact) mass is 319 g/mol. The number of nitrogens with zero attached hydrogens (tertiary/aromatic N) is 2. The predicted octanol–water partition coefficient (Wildman–Crippen LogP) is 2.94. The highest BCUT2D eigenvalue weighted by Gasteiger charge is 2.31. The number of morpholine rings is 1. The van der Waals surface area contributed by atoms with E-state index in [2.05, 4.69) is 31.1 Å². The molecule has 1 aromatic heterocycles. The van der Waals surface area contributed by atoms with Crippen LogP contribution in [0.25, 0.3) is 0 Å². The van der Waals surface area contributed by atoms with Crippen LogP contribution in [0.5, 0.6) is 0 Å². The van der Waals surface area contributed by atoms with Gasteiger partial charge in [0, 0.05) is 25.5 Å². The smallest absolute Gasteiger partial charge is 0.242 e. The van der Waals surface area contributed by atoms with Crippen LogP contribution < -0.4 is 5.32 Å². The van der Waals surface area contributed by atoms with Crippen molar-refractivity contribution in [3.05, 3.63) is 24.5 Å². The van der Waals surface area contributed by atoms with Gasteiger partial charge in [0.25, 0.3) is 0 Å². The van der Waals surface area contributed by atoms with Gasteiger partial charge in [-0.15, -0.1) is 0 Å². The first-order chi connectivity index (χ1) is 11.1. The molecule has 1 aliphatic heterocycles. The largest absolute Gasteiger partial charge is 0.375 e. The van der Waals surface area contributed by atoms with Crippen LogP contribution in [-0.2, 0) is 9.53 Å². The molecule has 2 heterocycles. The molecule has 1 N–H and O–H groups in total. The van der Waals surface area contributed by atoms with Crippen molar-refractivity contribution < 1.29 is 9.53 Å². The molecule has 2 rings (SSSR count). The summed E-state index contributed by atoms with van der Waals surface area (Å²) >= 11 is 0. The van der Waals surface area contributed by atoms with Crippen LogP contribution in [0.4, 0.5) is 5.69 Å². The number of anilines is 1. The summed E-state index contributed by atoms with van der Waals surface area (Å²) in [5.74, 6) is 0.547.